The van der Waals surface area contributed by atoms with Crippen LogP contribution in [0.1, 0.15) is 11.1 Å². The van der Waals surface area contributed by atoms with Crippen LogP contribution in [0.3, 0.4) is 0 Å². The fraction of sp³-hybridized carbons (Fsp3) is 0.350. The van der Waals surface area contributed by atoms with Crippen molar-refractivity contribution in [2.24, 2.45) is 0 Å². The van der Waals surface area contributed by atoms with Gasteiger partial charge in [0.05, 0.1) is 27.8 Å². The highest BCUT2D eigenvalue weighted by molar-refractivity contribution is 5.79. The van der Waals surface area contributed by atoms with Crippen LogP contribution >= 0.6 is 0 Å². The van der Waals surface area contributed by atoms with Crippen molar-refractivity contribution in [2.45, 2.75) is 19.1 Å². The summed E-state index contributed by atoms with van der Waals surface area (Å²) in [6, 6.07) is 9.40. The van der Waals surface area contributed by atoms with Crippen molar-refractivity contribution >= 4 is 5.91 Å². The van der Waals surface area contributed by atoms with Gasteiger partial charge in [-0.3, -0.25) is 4.79 Å². The van der Waals surface area contributed by atoms with E-state index in [0.717, 1.165) is 5.56 Å². The molecule has 0 atom stereocenters. The van der Waals surface area contributed by atoms with E-state index in [1.54, 1.807) is 24.3 Å². The normalized spacial score (nSPS) is 11.0. The Bertz CT molecular complexity index is 797. The largest absolute Gasteiger partial charge is 0.493 e. The predicted molar refractivity (Wildman–Crippen MR) is 99.6 cm³/mol. The summed E-state index contributed by atoms with van der Waals surface area (Å²) in [5, 5.41) is 2.75. The van der Waals surface area contributed by atoms with E-state index in [2.05, 4.69) is 10.1 Å². The number of alkyl halides is 3. The predicted octanol–water partition coefficient (Wildman–Crippen LogP) is 3.51. The minimum absolute atomic E-state index is 0.0868. The first-order valence-electron chi connectivity index (χ1n) is 8.59. The van der Waals surface area contributed by atoms with Gasteiger partial charge < -0.3 is 24.3 Å². The van der Waals surface area contributed by atoms with Crippen molar-refractivity contribution in [2.75, 3.05) is 27.9 Å². The van der Waals surface area contributed by atoms with Crippen LogP contribution < -0.4 is 24.3 Å². The molecule has 0 aliphatic rings. The van der Waals surface area contributed by atoms with Crippen LogP contribution in [-0.2, 0) is 17.8 Å². The summed E-state index contributed by atoms with van der Waals surface area (Å²) in [6.07, 6.45) is -4.30. The number of carbonyl (C=O) groups is 1. The van der Waals surface area contributed by atoms with Crippen molar-refractivity contribution in [3.8, 4) is 23.0 Å². The quantitative estimate of drug-likeness (QED) is 0.682. The second-order valence-electron chi connectivity index (χ2n) is 6.03. The molecule has 1 amide bonds. The monoisotopic (exact) mass is 413 g/mol. The van der Waals surface area contributed by atoms with Gasteiger partial charge in [-0.1, -0.05) is 12.1 Å². The first-order valence-corrected chi connectivity index (χ1v) is 8.59. The van der Waals surface area contributed by atoms with Gasteiger partial charge in [0.15, 0.2) is 18.1 Å². The SMILES string of the molecule is COc1cc(CC(=O)NCc2ccc(OCC(F)(F)F)cc2)cc(OC)c1OC. The molecule has 0 aromatic heterocycles. The third-order valence-electron chi connectivity index (χ3n) is 3.90. The van der Waals surface area contributed by atoms with Gasteiger partial charge in [0.1, 0.15) is 5.75 Å². The number of hydrogen-bond acceptors (Lipinski definition) is 5. The average molecular weight is 413 g/mol. The fourth-order valence-corrected chi connectivity index (χ4v) is 2.55. The minimum atomic E-state index is -4.39. The first kappa shape index (κ1) is 22.2. The van der Waals surface area contributed by atoms with Crippen molar-refractivity contribution in [1.82, 2.24) is 5.32 Å². The molecule has 2 aromatic carbocycles. The maximum atomic E-state index is 12.2. The molecule has 0 spiro atoms. The van der Waals surface area contributed by atoms with E-state index in [-0.39, 0.29) is 24.6 Å². The molecule has 9 heteroatoms. The molecule has 2 rings (SSSR count). The summed E-state index contributed by atoms with van der Waals surface area (Å²) in [6.45, 7) is -1.12. The van der Waals surface area contributed by atoms with Gasteiger partial charge in [0.25, 0.3) is 0 Å². The van der Waals surface area contributed by atoms with Crippen LogP contribution in [0.5, 0.6) is 23.0 Å². The Morgan fingerprint density at radius 2 is 1.52 bits per heavy atom. The number of benzene rings is 2. The van der Waals surface area contributed by atoms with Crippen LogP contribution in [0.15, 0.2) is 36.4 Å². The number of methoxy groups -OCH3 is 3. The Labute approximate surface area is 166 Å². The van der Waals surface area contributed by atoms with Gasteiger partial charge >= 0.3 is 6.18 Å². The molecule has 2 aromatic rings. The summed E-state index contributed by atoms with van der Waals surface area (Å²) in [7, 11) is 4.47. The molecule has 0 bridgehead atoms. The van der Waals surface area contributed by atoms with Crippen molar-refractivity contribution < 1.29 is 36.9 Å². The standard InChI is InChI=1S/C20H22F3NO5/c1-26-16-8-14(9-17(27-2)19(16)28-3)10-18(25)24-11-13-4-6-15(7-5-13)29-12-20(21,22)23/h4-9H,10-12H2,1-3H3,(H,24,25). The van der Waals surface area contributed by atoms with Crippen molar-refractivity contribution in [1.29, 1.82) is 0 Å². The molecule has 6 nitrogen and oxygen atoms in total. The molecule has 29 heavy (non-hydrogen) atoms. The Kier molecular flexibility index (Phi) is 7.58. The number of hydrogen-bond donors (Lipinski definition) is 1. The third-order valence-corrected chi connectivity index (χ3v) is 3.90. The van der Waals surface area contributed by atoms with E-state index in [1.165, 1.54) is 33.5 Å². The molecule has 0 aliphatic carbocycles. The lowest BCUT2D eigenvalue weighted by Crippen LogP contribution is -2.24. The highest BCUT2D eigenvalue weighted by Gasteiger charge is 2.28. The molecule has 0 saturated carbocycles. The second kappa shape index (κ2) is 9.90. The van der Waals surface area contributed by atoms with Gasteiger partial charge in [-0.2, -0.15) is 13.2 Å². The van der Waals surface area contributed by atoms with Crippen LogP contribution in [0.4, 0.5) is 13.2 Å². The van der Waals surface area contributed by atoms with Crippen LogP contribution in [0.25, 0.3) is 0 Å². The number of ether oxygens (including phenoxy) is 4. The van der Waals surface area contributed by atoms with E-state index in [9.17, 15) is 18.0 Å². The maximum Gasteiger partial charge on any atom is 0.422 e. The smallest absolute Gasteiger partial charge is 0.422 e. The van der Waals surface area contributed by atoms with E-state index in [1.807, 2.05) is 0 Å². The van der Waals surface area contributed by atoms with E-state index in [4.69, 9.17) is 14.2 Å². The molecular weight excluding hydrogens is 391 g/mol. The number of amides is 1. The first-order chi connectivity index (χ1) is 13.8. The van der Waals surface area contributed by atoms with Crippen LogP contribution in [0, 0.1) is 0 Å². The number of carbonyl (C=O) groups excluding carboxylic acids is 1. The zero-order valence-electron chi connectivity index (χ0n) is 16.3. The number of nitrogens with one attached hydrogen (secondary N) is 1. The Hall–Kier alpha value is -3.10. The summed E-state index contributed by atoms with van der Waals surface area (Å²) in [5.41, 5.74) is 1.40. The molecule has 0 radical (unpaired) electrons. The molecule has 0 heterocycles. The Morgan fingerprint density at radius 1 is 0.931 bits per heavy atom. The maximum absolute atomic E-state index is 12.2. The molecule has 1 N–H and O–H groups in total. The zero-order chi connectivity index (χ0) is 21.4. The number of rotatable bonds is 9. The van der Waals surface area contributed by atoms with Crippen molar-refractivity contribution in [3.05, 3.63) is 47.5 Å². The molecule has 0 fully saturated rings. The summed E-state index contributed by atoms with van der Waals surface area (Å²) < 4.78 is 56.9. The van der Waals surface area contributed by atoms with Gasteiger partial charge in [-0.25, -0.2) is 0 Å². The molecule has 0 unspecified atom stereocenters. The highest BCUT2D eigenvalue weighted by Crippen LogP contribution is 2.38. The van der Waals surface area contributed by atoms with Gasteiger partial charge in [-0.05, 0) is 35.4 Å². The summed E-state index contributed by atoms with van der Waals surface area (Å²) in [5.74, 6) is 1.20. The minimum Gasteiger partial charge on any atom is -0.493 e. The highest BCUT2D eigenvalue weighted by atomic mass is 19.4. The van der Waals surface area contributed by atoms with E-state index < -0.39 is 12.8 Å². The fourth-order valence-electron chi connectivity index (χ4n) is 2.55. The topological polar surface area (TPSA) is 66.0 Å². The van der Waals surface area contributed by atoms with Crippen LogP contribution in [-0.4, -0.2) is 40.0 Å². The van der Waals surface area contributed by atoms with E-state index in [0.29, 0.717) is 22.8 Å². The van der Waals surface area contributed by atoms with Gasteiger partial charge in [-0.15, -0.1) is 0 Å². The second-order valence-corrected chi connectivity index (χ2v) is 6.03. The summed E-state index contributed by atoms with van der Waals surface area (Å²) in [4.78, 5) is 12.2. The summed E-state index contributed by atoms with van der Waals surface area (Å²) >= 11 is 0. The molecule has 0 saturated heterocycles. The van der Waals surface area contributed by atoms with Crippen LogP contribution in [0.2, 0.25) is 0 Å². The molecular formula is C20H22F3NO5. The average Bonchev–Trinajstić information content (AvgIpc) is 2.70. The molecule has 0 aliphatic heterocycles. The Morgan fingerprint density at radius 3 is 2.00 bits per heavy atom. The van der Waals surface area contributed by atoms with Gasteiger partial charge in [0, 0.05) is 6.54 Å². The van der Waals surface area contributed by atoms with Gasteiger partial charge in [0.2, 0.25) is 11.7 Å². The lowest BCUT2D eigenvalue weighted by Gasteiger charge is -2.14. The Balaban J connectivity index is 1.93. The lowest BCUT2D eigenvalue weighted by atomic mass is 10.1. The third kappa shape index (κ3) is 6.78. The molecule has 158 valence electrons. The van der Waals surface area contributed by atoms with E-state index >= 15 is 0 Å². The van der Waals surface area contributed by atoms with Crippen molar-refractivity contribution in [3.63, 3.8) is 0 Å². The number of halogens is 3. The lowest BCUT2D eigenvalue weighted by molar-refractivity contribution is -0.153. The zero-order valence-corrected chi connectivity index (χ0v) is 16.3.